The van der Waals surface area contributed by atoms with Crippen molar-refractivity contribution in [1.82, 2.24) is 4.98 Å². The van der Waals surface area contributed by atoms with E-state index in [4.69, 9.17) is 27.9 Å². The molecule has 0 saturated carbocycles. The van der Waals surface area contributed by atoms with E-state index < -0.39 is 0 Å². The lowest BCUT2D eigenvalue weighted by Gasteiger charge is -2.21. The lowest BCUT2D eigenvalue weighted by atomic mass is 10.1. The van der Waals surface area contributed by atoms with Gasteiger partial charge in [-0.25, -0.2) is 4.98 Å². The molecule has 1 aromatic heterocycles. The standard InChI is InChI=1S/C20H18Cl2N2O2S/c1-12-5-4-6-18(13(12)2)24(14(3)25)20-23-16(11-27-20)10-26-19-8-7-15(21)9-17(19)22/h4-9,11H,10H2,1-3H3. The molecule has 27 heavy (non-hydrogen) atoms. The van der Waals surface area contributed by atoms with Crippen LogP contribution < -0.4 is 9.64 Å². The summed E-state index contributed by atoms with van der Waals surface area (Å²) in [5.74, 6) is 0.444. The Morgan fingerprint density at radius 1 is 1.22 bits per heavy atom. The largest absolute Gasteiger partial charge is 0.486 e. The highest BCUT2D eigenvalue weighted by Crippen LogP contribution is 2.33. The van der Waals surface area contributed by atoms with Crippen molar-refractivity contribution in [3.8, 4) is 5.75 Å². The Kier molecular flexibility index (Phi) is 6.05. The molecule has 0 N–H and O–H groups in total. The van der Waals surface area contributed by atoms with Gasteiger partial charge in [0, 0.05) is 17.3 Å². The van der Waals surface area contributed by atoms with Crippen molar-refractivity contribution >= 4 is 51.3 Å². The van der Waals surface area contributed by atoms with Gasteiger partial charge in [-0.1, -0.05) is 35.3 Å². The van der Waals surface area contributed by atoms with Crippen LogP contribution in [0.15, 0.2) is 41.8 Å². The van der Waals surface area contributed by atoms with Crippen molar-refractivity contribution in [1.29, 1.82) is 0 Å². The number of hydrogen-bond donors (Lipinski definition) is 0. The van der Waals surface area contributed by atoms with Crippen molar-refractivity contribution in [2.24, 2.45) is 0 Å². The number of amides is 1. The van der Waals surface area contributed by atoms with Gasteiger partial charge < -0.3 is 4.74 Å². The maximum absolute atomic E-state index is 12.3. The first kappa shape index (κ1) is 19.7. The molecule has 0 atom stereocenters. The Hall–Kier alpha value is -2.08. The van der Waals surface area contributed by atoms with Gasteiger partial charge in [0.1, 0.15) is 12.4 Å². The van der Waals surface area contributed by atoms with Crippen molar-refractivity contribution in [3.05, 3.63) is 68.6 Å². The first-order chi connectivity index (χ1) is 12.9. The molecule has 3 rings (SSSR count). The number of rotatable bonds is 5. The zero-order valence-corrected chi connectivity index (χ0v) is 17.5. The zero-order valence-electron chi connectivity index (χ0n) is 15.1. The second-order valence-corrected chi connectivity index (χ2v) is 7.74. The van der Waals surface area contributed by atoms with Crippen LogP contribution in [0.5, 0.6) is 5.75 Å². The number of carbonyl (C=O) groups excluding carboxylic acids is 1. The summed E-state index contributed by atoms with van der Waals surface area (Å²) in [5, 5.41) is 3.48. The van der Waals surface area contributed by atoms with E-state index in [-0.39, 0.29) is 12.5 Å². The second kappa shape index (κ2) is 8.30. The normalized spacial score (nSPS) is 10.7. The number of aryl methyl sites for hydroxylation is 1. The Bertz CT molecular complexity index is 988. The third-order valence-electron chi connectivity index (χ3n) is 4.13. The molecular formula is C20H18Cl2N2O2S. The average molecular weight is 421 g/mol. The molecule has 0 fully saturated rings. The smallest absolute Gasteiger partial charge is 0.230 e. The van der Waals surface area contributed by atoms with Gasteiger partial charge in [-0.2, -0.15) is 0 Å². The summed E-state index contributed by atoms with van der Waals surface area (Å²) in [4.78, 5) is 18.5. The van der Waals surface area contributed by atoms with Crippen LogP contribution in [0.25, 0.3) is 0 Å². The third kappa shape index (κ3) is 4.43. The molecule has 0 bridgehead atoms. The molecule has 3 aromatic rings. The molecular weight excluding hydrogens is 403 g/mol. The molecule has 0 aliphatic heterocycles. The van der Waals surface area contributed by atoms with E-state index in [1.807, 2.05) is 37.4 Å². The summed E-state index contributed by atoms with van der Waals surface area (Å²) in [6.07, 6.45) is 0. The van der Waals surface area contributed by atoms with Gasteiger partial charge in [-0.15, -0.1) is 11.3 Å². The highest BCUT2D eigenvalue weighted by atomic mass is 35.5. The van der Waals surface area contributed by atoms with E-state index in [1.165, 1.54) is 18.3 Å². The van der Waals surface area contributed by atoms with Gasteiger partial charge in [-0.05, 0) is 49.2 Å². The van der Waals surface area contributed by atoms with Gasteiger partial charge in [0.25, 0.3) is 0 Å². The maximum Gasteiger partial charge on any atom is 0.230 e. The van der Waals surface area contributed by atoms with Gasteiger partial charge in [-0.3, -0.25) is 9.69 Å². The number of carbonyl (C=O) groups is 1. The molecule has 0 saturated heterocycles. The Morgan fingerprint density at radius 2 is 2.00 bits per heavy atom. The molecule has 140 valence electrons. The number of thiazole rings is 1. The molecule has 1 heterocycles. The summed E-state index contributed by atoms with van der Waals surface area (Å²) < 4.78 is 5.73. The predicted molar refractivity (Wildman–Crippen MR) is 112 cm³/mol. The average Bonchev–Trinajstić information content (AvgIpc) is 3.06. The van der Waals surface area contributed by atoms with Crippen molar-refractivity contribution in [2.45, 2.75) is 27.4 Å². The van der Waals surface area contributed by atoms with Crippen LogP contribution in [0, 0.1) is 13.8 Å². The third-order valence-corrected chi connectivity index (χ3v) is 5.54. The number of nitrogens with zero attached hydrogens (tertiary/aromatic N) is 2. The zero-order chi connectivity index (χ0) is 19.6. The van der Waals surface area contributed by atoms with E-state index >= 15 is 0 Å². The van der Waals surface area contributed by atoms with E-state index in [0.717, 1.165) is 22.5 Å². The molecule has 0 aliphatic carbocycles. The number of aromatic nitrogens is 1. The second-order valence-electron chi connectivity index (χ2n) is 6.06. The van der Waals surface area contributed by atoms with Crippen molar-refractivity contribution in [3.63, 3.8) is 0 Å². The minimum absolute atomic E-state index is 0.0914. The van der Waals surface area contributed by atoms with E-state index in [2.05, 4.69) is 4.98 Å². The molecule has 0 aliphatic rings. The summed E-state index contributed by atoms with van der Waals surface area (Å²) >= 11 is 13.4. The first-order valence-electron chi connectivity index (χ1n) is 8.26. The Balaban J connectivity index is 1.82. The van der Waals surface area contributed by atoms with Crippen LogP contribution in [0.3, 0.4) is 0 Å². The van der Waals surface area contributed by atoms with Gasteiger partial charge >= 0.3 is 0 Å². The Morgan fingerprint density at radius 3 is 2.70 bits per heavy atom. The summed E-state index contributed by atoms with van der Waals surface area (Å²) in [7, 11) is 0. The van der Waals surface area contributed by atoms with Crippen LogP contribution >= 0.6 is 34.5 Å². The summed E-state index contributed by atoms with van der Waals surface area (Å²) in [6, 6.07) is 10.9. The molecule has 7 heteroatoms. The molecule has 0 spiro atoms. The van der Waals surface area contributed by atoms with E-state index in [9.17, 15) is 4.79 Å². The van der Waals surface area contributed by atoms with Gasteiger partial charge in [0.15, 0.2) is 5.13 Å². The SMILES string of the molecule is CC(=O)N(c1nc(COc2ccc(Cl)cc2Cl)cs1)c1cccc(C)c1C. The minimum Gasteiger partial charge on any atom is -0.486 e. The first-order valence-corrected chi connectivity index (χ1v) is 9.89. The fraction of sp³-hybridized carbons (Fsp3) is 0.200. The number of halogens is 2. The topological polar surface area (TPSA) is 42.4 Å². The van der Waals surface area contributed by atoms with E-state index in [1.54, 1.807) is 23.1 Å². The number of ether oxygens (including phenoxy) is 1. The quantitative estimate of drug-likeness (QED) is 0.484. The molecule has 1 amide bonds. The maximum atomic E-state index is 12.3. The number of anilines is 2. The van der Waals surface area contributed by atoms with Gasteiger partial charge in [0.2, 0.25) is 5.91 Å². The molecule has 4 nitrogen and oxygen atoms in total. The van der Waals surface area contributed by atoms with Crippen LogP contribution in [0.1, 0.15) is 23.7 Å². The van der Waals surface area contributed by atoms with Crippen LogP contribution in [-0.2, 0) is 11.4 Å². The Labute approximate surface area is 172 Å². The number of hydrogen-bond acceptors (Lipinski definition) is 4. The summed E-state index contributed by atoms with van der Waals surface area (Å²) in [6.45, 7) is 5.80. The van der Waals surface area contributed by atoms with E-state index in [0.29, 0.717) is 20.9 Å². The molecule has 0 radical (unpaired) electrons. The minimum atomic E-state index is -0.0914. The summed E-state index contributed by atoms with van der Waals surface area (Å²) in [5.41, 5.74) is 3.73. The molecule has 2 aromatic carbocycles. The van der Waals surface area contributed by atoms with Crippen LogP contribution in [-0.4, -0.2) is 10.9 Å². The lowest BCUT2D eigenvalue weighted by Crippen LogP contribution is -2.23. The van der Waals surface area contributed by atoms with Crippen molar-refractivity contribution < 1.29 is 9.53 Å². The predicted octanol–water partition coefficient (Wildman–Crippen LogP) is 6.33. The highest BCUT2D eigenvalue weighted by Gasteiger charge is 2.20. The van der Waals surface area contributed by atoms with Crippen molar-refractivity contribution in [2.75, 3.05) is 4.90 Å². The van der Waals surface area contributed by atoms with Crippen LogP contribution in [0.2, 0.25) is 10.0 Å². The highest BCUT2D eigenvalue weighted by molar-refractivity contribution is 7.14. The lowest BCUT2D eigenvalue weighted by molar-refractivity contribution is -0.115. The monoisotopic (exact) mass is 420 g/mol. The molecule has 0 unspecified atom stereocenters. The van der Waals surface area contributed by atoms with Gasteiger partial charge in [0.05, 0.1) is 16.4 Å². The fourth-order valence-electron chi connectivity index (χ4n) is 2.59. The number of benzene rings is 2. The van der Waals surface area contributed by atoms with Crippen LogP contribution in [0.4, 0.5) is 10.8 Å². The fourth-order valence-corrected chi connectivity index (χ4v) is 3.92.